The number of amides is 2. The molecule has 0 aliphatic carbocycles. The summed E-state index contributed by atoms with van der Waals surface area (Å²) in [6.07, 6.45) is 0.829. The number of aromatic hydroxyl groups is 1. The van der Waals surface area contributed by atoms with Crippen LogP contribution in [0.4, 0.5) is 9.18 Å². The summed E-state index contributed by atoms with van der Waals surface area (Å²) in [5.41, 5.74) is -2.10. The van der Waals surface area contributed by atoms with E-state index in [-0.39, 0.29) is 37.7 Å². The lowest BCUT2D eigenvalue weighted by Gasteiger charge is -2.36. The molecule has 4 heterocycles. The first kappa shape index (κ1) is 26.6. The molecule has 11 heteroatoms. The molecule has 0 saturated carbocycles. The van der Waals surface area contributed by atoms with E-state index in [2.05, 4.69) is 15.6 Å². The van der Waals surface area contributed by atoms with Gasteiger partial charge in [-0.25, -0.2) is 14.2 Å². The second-order valence-electron chi connectivity index (χ2n) is 10.6. The third kappa shape index (κ3) is 5.46. The Hall–Kier alpha value is -3.47. The molecule has 2 amide bonds. The molecule has 3 aliphatic heterocycles. The second kappa shape index (κ2) is 10.1. The third-order valence-corrected chi connectivity index (χ3v) is 6.78. The van der Waals surface area contributed by atoms with Crippen molar-refractivity contribution in [2.24, 2.45) is 0 Å². The van der Waals surface area contributed by atoms with Crippen LogP contribution in [0.15, 0.2) is 29.1 Å². The Morgan fingerprint density at radius 1 is 1.27 bits per heavy atom. The van der Waals surface area contributed by atoms with E-state index in [9.17, 15) is 23.9 Å². The smallest absolute Gasteiger partial charge is 0.407 e. The number of rotatable bonds is 6. The van der Waals surface area contributed by atoms with Gasteiger partial charge in [0.1, 0.15) is 17.2 Å². The highest BCUT2D eigenvalue weighted by molar-refractivity contribution is 5.94. The molecule has 1 fully saturated rings. The zero-order valence-electron chi connectivity index (χ0n) is 21.5. The van der Waals surface area contributed by atoms with Gasteiger partial charge in [0, 0.05) is 13.1 Å². The number of nitrogens with one attached hydrogen (secondary N) is 2. The second-order valence-corrected chi connectivity index (χ2v) is 10.6. The molecule has 3 atom stereocenters. The van der Waals surface area contributed by atoms with Crippen LogP contribution in [0, 0.1) is 5.82 Å². The van der Waals surface area contributed by atoms with Crippen molar-refractivity contribution in [3.63, 3.8) is 0 Å². The zero-order chi connectivity index (χ0) is 27.0. The fraction of sp³-hybridized carbons (Fsp3) is 0.538. The van der Waals surface area contributed by atoms with E-state index in [1.54, 1.807) is 20.8 Å². The van der Waals surface area contributed by atoms with Crippen molar-refractivity contribution < 1.29 is 28.6 Å². The van der Waals surface area contributed by atoms with Crippen molar-refractivity contribution in [2.75, 3.05) is 13.2 Å². The minimum Gasteiger partial charge on any atom is -0.501 e. The summed E-state index contributed by atoms with van der Waals surface area (Å²) in [4.78, 5) is 43.4. The van der Waals surface area contributed by atoms with Gasteiger partial charge < -0.3 is 25.2 Å². The van der Waals surface area contributed by atoms with Gasteiger partial charge >= 0.3 is 6.09 Å². The van der Waals surface area contributed by atoms with Crippen LogP contribution in [0.25, 0.3) is 0 Å². The Kier molecular flexibility index (Phi) is 7.27. The maximum Gasteiger partial charge on any atom is 0.407 e. The van der Waals surface area contributed by atoms with E-state index in [1.165, 1.54) is 28.8 Å². The molecule has 1 aromatic carbocycles. The summed E-state index contributed by atoms with van der Waals surface area (Å²) in [5, 5.41) is 16.1. The summed E-state index contributed by atoms with van der Waals surface area (Å²) < 4.78 is 26.1. The van der Waals surface area contributed by atoms with Crippen molar-refractivity contribution in [3.05, 3.63) is 57.5 Å². The highest BCUT2D eigenvalue weighted by atomic mass is 19.1. The standard InChI is InChI=1S/C26H33FN4O6/c1-5-17-18-10-11-26(14-36-18,13-29-24(35)37-25(2,3)4)23-30-19(20(32)22(34)31(17)23)21(33)28-12-15-6-8-16(27)9-7-15/h6-9,17-18,32H,5,10-14H2,1-4H3,(H,28,33)(H,29,35). The molecule has 2 aromatic rings. The summed E-state index contributed by atoms with van der Waals surface area (Å²) >= 11 is 0. The van der Waals surface area contributed by atoms with Gasteiger partial charge in [-0.15, -0.1) is 0 Å². The Morgan fingerprint density at radius 3 is 2.57 bits per heavy atom. The van der Waals surface area contributed by atoms with E-state index in [1.807, 2.05) is 6.92 Å². The predicted octanol–water partition coefficient (Wildman–Crippen LogP) is 2.92. The van der Waals surface area contributed by atoms with Gasteiger partial charge in [-0.3, -0.25) is 14.2 Å². The first-order chi connectivity index (χ1) is 17.4. The number of hydrogen-bond acceptors (Lipinski definition) is 7. The number of halogens is 1. The van der Waals surface area contributed by atoms with Crippen molar-refractivity contribution in [1.29, 1.82) is 0 Å². The monoisotopic (exact) mass is 516 g/mol. The van der Waals surface area contributed by atoms with E-state index in [4.69, 9.17) is 9.47 Å². The molecule has 10 nitrogen and oxygen atoms in total. The molecule has 5 rings (SSSR count). The number of nitrogens with zero attached hydrogens (tertiary/aromatic N) is 2. The molecule has 1 aromatic heterocycles. The first-order valence-electron chi connectivity index (χ1n) is 12.4. The van der Waals surface area contributed by atoms with E-state index in [0.29, 0.717) is 24.8 Å². The van der Waals surface area contributed by atoms with Crippen LogP contribution < -0.4 is 16.2 Å². The molecule has 3 N–H and O–H groups in total. The summed E-state index contributed by atoms with van der Waals surface area (Å²) in [6.45, 7) is 7.48. The zero-order valence-corrected chi connectivity index (χ0v) is 21.5. The van der Waals surface area contributed by atoms with Crippen LogP contribution in [0.3, 0.4) is 0 Å². The van der Waals surface area contributed by atoms with Crippen molar-refractivity contribution in [1.82, 2.24) is 20.2 Å². The number of carbonyl (C=O) groups excluding carboxylic acids is 2. The highest BCUT2D eigenvalue weighted by Gasteiger charge is 2.49. The summed E-state index contributed by atoms with van der Waals surface area (Å²) in [6, 6.07) is 5.20. The van der Waals surface area contributed by atoms with Crippen LogP contribution >= 0.6 is 0 Å². The number of ether oxygens (including phenoxy) is 2. The third-order valence-electron chi connectivity index (χ3n) is 6.78. The van der Waals surface area contributed by atoms with Crippen LogP contribution in [-0.2, 0) is 21.4 Å². The summed E-state index contributed by atoms with van der Waals surface area (Å²) in [7, 11) is 0. The van der Waals surface area contributed by atoms with Gasteiger partial charge in [0.05, 0.1) is 24.2 Å². The number of carbonyl (C=O) groups is 2. The minimum absolute atomic E-state index is 0.0484. The van der Waals surface area contributed by atoms with Gasteiger partial charge in [0.25, 0.3) is 11.5 Å². The van der Waals surface area contributed by atoms with Crippen LogP contribution in [0.5, 0.6) is 5.75 Å². The largest absolute Gasteiger partial charge is 0.501 e. The Labute approximate surface area is 214 Å². The molecule has 2 bridgehead atoms. The van der Waals surface area contributed by atoms with Crippen molar-refractivity contribution >= 4 is 12.0 Å². The van der Waals surface area contributed by atoms with Crippen molar-refractivity contribution in [2.45, 2.75) is 76.7 Å². The molecule has 3 aliphatic rings. The molecule has 37 heavy (non-hydrogen) atoms. The molecule has 200 valence electrons. The molecular formula is C26H33FN4O6. The number of fused-ring (bicyclic) bond motifs is 2. The van der Waals surface area contributed by atoms with Gasteiger partial charge in [-0.1, -0.05) is 19.1 Å². The molecule has 3 unspecified atom stereocenters. The van der Waals surface area contributed by atoms with Gasteiger partial charge in [-0.05, 0) is 57.7 Å². The maximum absolute atomic E-state index is 13.4. The normalized spacial score (nSPS) is 22.6. The minimum atomic E-state index is -0.907. The van der Waals surface area contributed by atoms with E-state index < -0.39 is 45.8 Å². The lowest BCUT2D eigenvalue weighted by molar-refractivity contribution is -0.0407. The maximum atomic E-state index is 13.4. The van der Waals surface area contributed by atoms with E-state index in [0.717, 1.165) is 0 Å². The van der Waals surface area contributed by atoms with E-state index >= 15 is 0 Å². The average Bonchev–Trinajstić information content (AvgIpc) is 3.06. The Balaban J connectivity index is 1.70. The van der Waals surface area contributed by atoms with Crippen LogP contribution in [0.2, 0.25) is 0 Å². The lowest BCUT2D eigenvalue weighted by atomic mass is 9.80. The van der Waals surface area contributed by atoms with Gasteiger partial charge in [0.2, 0.25) is 5.75 Å². The number of benzene rings is 1. The fourth-order valence-electron chi connectivity index (χ4n) is 4.94. The molecule has 0 radical (unpaired) electrons. The fourth-order valence-corrected chi connectivity index (χ4v) is 4.94. The Morgan fingerprint density at radius 2 is 1.97 bits per heavy atom. The lowest BCUT2D eigenvalue weighted by Crippen LogP contribution is -2.49. The molecule has 1 saturated heterocycles. The average molecular weight is 517 g/mol. The predicted molar refractivity (Wildman–Crippen MR) is 132 cm³/mol. The summed E-state index contributed by atoms with van der Waals surface area (Å²) in [5.74, 6) is -1.62. The number of alkyl carbamates (subject to hydrolysis) is 1. The highest BCUT2D eigenvalue weighted by Crippen LogP contribution is 2.42. The molecule has 0 spiro atoms. The van der Waals surface area contributed by atoms with Crippen LogP contribution in [-0.4, -0.2) is 51.5 Å². The quantitative estimate of drug-likeness (QED) is 0.538. The number of hydrogen-bond donors (Lipinski definition) is 3. The number of aromatic nitrogens is 2. The van der Waals surface area contributed by atoms with Crippen LogP contribution in [0.1, 0.15) is 74.9 Å². The van der Waals surface area contributed by atoms with Crippen molar-refractivity contribution in [3.8, 4) is 5.75 Å². The van der Waals surface area contributed by atoms with Gasteiger partial charge in [0.15, 0.2) is 5.69 Å². The topological polar surface area (TPSA) is 132 Å². The van der Waals surface area contributed by atoms with Gasteiger partial charge in [-0.2, -0.15) is 0 Å². The Bertz CT molecular complexity index is 1230. The first-order valence-corrected chi connectivity index (χ1v) is 12.4. The SMILES string of the molecule is CCC1C2CCC(CNC(=O)OC(C)(C)C)(CO2)c2nc(C(=O)NCc3ccc(F)cc3)c(O)c(=O)n21. The molecular weight excluding hydrogens is 483 g/mol.